The minimum atomic E-state index is -1.13. The first kappa shape index (κ1) is 15.7. The van der Waals surface area contributed by atoms with E-state index in [1.807, 2.05) is 14.0 Å². The van der Waals surface area contributed by atoms with Crippen LogP contribution in [0.4, 0.5) is 0 Å². The second-order valence-corrected chi connectivity index (χ2v) is 6.52. The third-order valence-electron chi connectivity index (χ3n) is 4.28. The number of rotatable bonds is 4. The van der Waals surface area contributed by atoms with Gasteiger partial charge in [0, 0.05) is 7.05 Å². The van der Waals surface area contributed by atoms with Crippen molar-refractivity contribution in [3.05, 3.63) is 15.9 Å². The molecule has 1 aliphatic carbocycles. The van der Waals surface area contributed by atoms with Crippen LogP contribution in [0.25, 0.3) is 0 Å². The Hall–Kier alpha value is -0.680. The van der Waals surface area contributed by atoms with Crippen LogP contribution in [0.3, 0.4) is 0 Å². The van der Waals surface area contributed by atoms with Gasteiger partial charge in [0.15, 0.2) is 5.78 Å². The van der Waals surface area contributed by atoms with Gasteiger partial charge in [-0.1, -0.05) is 32.6 Å². The summed E-state index contributed by atoms with van der Waals surface area (Å²) in [4.78, 5) is 12.5. The van der Waals surface area contributed by atoms with Gasteiger partial charge in [-0.25, -0.2) is 0 Å². The van der Waals surface area contributed by atoms with Crippen LogP contribution in [0.1, 0.15) is 56.8 Å². The minimum Gasteiger partial charge on any atom is -0.382 e. The molecule has 0 saturated heterocycles. The van der Waals surface area contributed by atoms with E-state index in [0.29, 0.717) is 12.8 Å². The Balaban J connectivity index is 2.16. The predicted molar refractivity (Wildman–Crippen MR) is 81.6 cm³/mol. The Morgan fingerprint density at radius 1 is 1.35 bits per heavy atom. The van der Waals surface area contributed by atoms with Gasteiger partial charge in [-0.15, -0.1) is 0 Å². The smallest absolute Gasteiger partial charge is 0.170 e. The van der Waals surface area contributed by atoms with E-state index in [0.717, 1.165) is 48.0 Å². The number of aryl methyl sites for hydroxylation is 2. The van der Waals surface area contributed by atoms with Crippen LogP contribution in [0.2, 0.25) is 0 Å². The fourth-order valence-electron chi connectivity index (χ4n) is 2.92. The molecule has 2 rings (SSSR count). The topological polar surface area (TPSA) is 55.1 Å². The summed E-state index contributed by atoms with van der Waals surface area (Å²) in [7, 11) is 1.85. The number of nitrogens with zero attached hydrogens (tertiary/aromatic N) is 2. The second kappa shape index (κ2) is 6.39. The number of hydrogen-bond acceptors (Lipinski definition) is 3. The Morgan fingerprint density at radius 3 is 2.45 bits per heavy atom. The van der Waals surface area contributed by atoms with Gasteiger partial charge in [0.1, 0.15) is 5.60 Å². The molecule has 5 heteroatoms. The van der Waals surface area contributed by atoms with Crippen LogP contribution >= 0.6 is 15.9 Å². The number of carbonyl (C=O) groups excluding carboxylic acids is 1. The van der Waals surface area contributed by atoms with Gasteiger partial charge in [0.25, 0.3) is 0 Å². The van der Waals surface area contributed by atoms with Crippen molar-refractivity contribution in [2.45, 2.75) is 63.9 Å². The Morgan fingerprint density at radius 2 is 1.95 bits per heavy atom. The lowest BCUT2D eigenvalue weighted by atomic mass is 9.87. The lowest BCUT2D eigenvalue weighted by Crippen LogP contribution is -2.39. The molecular formula is C15H23BrN2O2. The first-order valence-electron chi connectivity index (χ1n) is 7.44. The molecule has 0 amide bonds. The molecular weight excluding hydrogens is 320 g/mol. The standard InChI is InChI=1S/C15H23BrN2O2/c1-3-11-14(16)12(18(2)17-11)10-13(19)15(20)8-6-4-5-7-9-15/h20H,3-10H2,1-2H3. The number of halogens is 1. The molecule has 0 radical (unpaired) electrons. The molecule has 0 aromatic carbocycles. The molecule has 4 nitrogen and oxygen atoms in total. The minimum absolute atomic E-state index is 0.0641. The van der Waals surface area contributed by atoms with E-state index in [1.54, 1.807) is 4.68 Å². The zero-order chi connectivity index (χ0) is 14.8. The molecule has 1 aromatic rings. The summed E-state index contributed by atoms with van der Waals surface area (Å²) in [6, 6.07) is 0. The van der Waals surface area contributed by atoms with E-state index < -0.39 is 5.60 Å². The maximum Gasteiger partial charge on any atom is 0.170 e. The number of aliphatic hydroxyl groups is 1. The number of carbonyl (C=O) groups is 1. The van der Waals surface area contributed by atoms with Gasteiger partial charge < -0.3 is 5.11 Å². The molecule has 1 heterocycles. The highest BCUT2D eigenvalue weighted by Crippen LogP contribution is 2.30. The molecule has 1 aliphatic rings. The molecule has 0 aliphatic heterocycles. The molecule has 112 valence electrons. The van der Waals surface area contributed by atoms with Crippen LogP contribution in [-0.2, 0) is 24.7 Å². The number of aromatic nitrogens is 2. The quantitative estimate of drug-likeness (QED) is 0.856. The maximum absolute atomic E-state index is 12.5. The zero-order valence-electron chi connectivity index (χ0n) is 12.3. The Kier molecular flexibility index (Phi) is 5.02. The third-order valence-corrected chi connectivity index (χ3v) is 5.20. The highest BCUT2D eigenvalue weighted by atomic mass is 79.9. The molecule has 0 spiro atoms. The van der Waals surface area contributed by atoms with Crippen molar-refractivity contribution in [3.63, 3.8) is 0 Å². The predicted octanol–water partition coefficient (Wildman–Crippen LogP) is 2.94. The van der Waals surface area contributed by atoms with Gasteiger partial charge in [-0.05, 0) is 35.2 Å². The van der Waals surface area contributed by atoms with Crippen molar-refractivity contribution in [1.29, 1.82) is 0 Å². The van der Waals surface area contributed by atoms with Gasteiger partial charge >= 0.3 is 0 Å². The van der Waals surface area contributed by atoms with E-state index in [2.05, 4.69) is 21.0 Å². The van der Waals surface area contributed by atoms with Crippen LogP contribution < -0.4 is 0 Å². The summed E-state index contributed by atoms with van der Waals surface area (Å²) in [5, 5.41) is 15.0. The largest absolute Gasteiger partial charge is 0.382 e. The van der Waals surface area contributed by atoms with E-state index in [4.69, 9.17) is 0 Å². The van der Waals surface area contributed by atoms with Crippen molar-refractivity contribution in [2.75, 3.05) is 0 Å². The maximum atomic E-state index is 12.5. The SMILES string of the molecule is CCc1nn(C)c(CC(=O)C2(O)CCCCCC2)c1Br. The third kappa shape index (κ3) is 3.14. The number of hydrogen-bond donors (Lipinski definition) is 1. The fraction of sp³-hybridized carbons (Fsp3) is 0.733. The van der Waals surface area contributed by atoms with E-state index in [1.165, 1.54) is 0 Å². The normalized spacial score (nSPS) is 18.8. The average Bonchev–Trinajstić information content (AvgIpc) is 2.60. The van der Waals surface area contributed by atoms with E-state index in [-0.39, 0.29) is 12.2 Å². The molecule has 0 bridgehead atoms. The lowest BCUT2D eigenvalue weighted by molar-refractivity contribution is -0.138. The summed E-state index contributed by atoms with van der Waals surface area (Å²) in [5.74, 6) is -0.0641. The van der Waals surface area contributed by atoms with Crippen LogP contribution in [0, 0.1) is 0 Å². The fourth-order valence-corrected chi connectivity index (χ4v) is 3.68. The molecule has 20 heavy (non-hydrogen) atoms. The summed E-state index contributed by atoms with van der Waals surface area (Å²) < 4.78 is 2.66. The van der Waals surface area contributed by atoms with Crippen LogP contribution in [0.15, 0.2) is 4.47 Å². The van der Waals surface area contributed by atoms with Crippen molar-refractivity contribution in [1.82, 2.24) is 9.78 Å². The molecule has 0 atom stereocenters. The average molecular weight is 343 g/mol. The van der Waals surface area contributed by atoms with E-state index in [9.17, 15) is 9.90 Å². The highest BCUT2D eigenvalue weighted by Gasteiger charge is 2.36. The van der Waals surface area contributed by atoms with Gasteiger partial charge in [0.2, 0.25) is 0 Å². The molecule has 0 unspecified atom stereocenters. The van der Waals surface area contributed by atoms with Gasteiger partial charge in [-0.2, -0.15) is 5.10 Å². The number of ketones is 1. The summed E-state index contributed by atoms with van der Waals surface area (Å²) in [6.07, 6.45) is 6.39. The summed E-state index contributed by atoms with van der Waals surface area (Å²) in [5.41, 5.74) is 0.694. The van der Waals surface area contributed by atoms with Crippen molar-refractivity contribution in [2.24, 2.45) is 7.05 Å². The molecule has 1 aromatic heterocycles. The van der Waals surface area contributed by atoms with Gasteiger partial charge in [-0.3, -0.25) is 9.48 Å². The highest BCUT2D eigenvalue weighted by molar-refractivity contribution is 9.10. The van der Waals surface area contributed by atoms with Crippen LogP contribution in [0.5, 0.6) is 0 Å². The van der Waals surface area contributed by atoms with E-state index >= 15 is 0 Å². The Bertz CT molecular complexity index is 488. The zero-order valence-corrected chi connectivity index (χ0v) is 13.9. The van der Waals surface area contributed by atoms with Crippen molar-refractivity contribution in [3.8, 4) is 0 Å². The monoisotopic (exact) mass is 342 g/mol. The van der Waals surface area contributed by atoms with Crippen LogP contribution in [-0.4, -0.2) is 26.3 Å². The Labute approximate surface area is 128 Å². The molecule has 1 saturated carbocycles. The first-order chi connectivity index (χ1) is 9.48. The second-order valence-electron chi connectivity index (χ2n) is 5.73. The first-order valence-corrected chi connectivity index (χ1v) is 8.23. The summed E-state index contributed by atoms with van der Waals surface area (Å²) >= 11 is 3.53. The summed E-state index contributed by atoms with van der Waals surface area (Å²) in [6.45, 7) is 2.04. The number of Topliss-reactive ketones (excluding diaryl/α,β-unsaturated/α-hetero) is 1. The van der Waals surface area contributed by atoms with Gasteiger partial charge in [0.05, 0.1) is 22.3 Å². The molecule has 1 fully saturated rings. The molecule has 1 N–H and O–H groups in total. The van der Waals surface area contributed by atoms with Crippen molar-refractivity contribution < 1.29 is 9.90 Å². The lowest BCUT2D eigenvalue weighted by Gasteiger charge is -2.25. The van der Waals surface area contributed by atoms with Crippen molar-refractivity contribution >= 4 is 21.7 Å².